The Hall–Kier alpha value is -1.23. The minimum atomic E-state index is -0.908. The van der Waals surface area contributed by atoms with Crippen LogP contribution in [-0.4, -0.2) is 33.2 Å². The van der Waals surface area contributed by atoms with Crippen LogP contribution in [0.1, 0.15) is 6.42 Å². The van der Waals surface area contributed by atoms with Crippen LogP contribution in [0.5, 0.6) is 0 Å². The second-order valence-corrected chi connectivity index (χ2v) is 4.75. The minimum absolute atomic E-state index is 0.0900. The SMILES string of the molecule is O=C(O)C1=CC=C2C(CSC2C(=O)O)C1. The molecule has 15 heavy (non-hydrogen) atoms. The van der Waals surface area contributed by atoms with Crippen molar-refractivity contribution in [2.75, 3.05) is 5.75 Å². The number of thioether (sulfide) groups is 1. The van der Waals surface area contributed by atoms with Crippen LogP contribution >= 0.6 is 11.8 Å². The van der Waals surface area contributed by atoms with Crippen molar-refractivity contribution in [2.24, 2.45) is 5.92 Å². The summed E-state index contributed by atoms with van der Waals surface area (Å²) in [6.45, 7) is 0. The van der Waals surface area contributed by atoms with Gasteiger partial charge in [0.15, 0.2) is 0 Å². The molecule has 0 radical (unpaired) electrons. The Balaban J connectivity index is 2.25. The topological polar surface area (TPSA) is 74.6 Å². The van der Waals surface area contributed by atoms with E-state index in [0.29, 0.717) is 17.7 Å². The first kappa shape index (κ1) is 10.3. The molecule has 0 aromatic carbocycles. The maximum absolute atomic E-state index is 10.9. The molecule has 5 heteroatoms. The first-order valence-electron chi connectivity index (χ1n) is 4.58. The Labute approximate surface area is 90.7 Å². The lowest BCUT2D eigenvalue weighted by Crippen LogP contribution is -2.20. The monoisotopic (exact) mass is 226 g/mol. The molecule has 2 rings (SSSR count). The Bertz CT molecular complexity index is 383. The fourth-order valence-corrected chi connectivity index (χ4v) is 3.26. The summed E-state index contributed by atoms with van der Waals surface area (Å²) in [5, 5.41) is 17.3. The van der Waals surface area contributed by atoms with E-state index in [4.69, 9.17) is 10.2 Å². The van der Waals surface area contributed by atoms with Gasteiger partial charge in [-0.1, -0.05) is 12.2 Å². The van der Waals surface area contributed by atoms with Gasteiger partial charge in [-0.25, -0.2) is 4.79 Å². The number of hydrogen-bond donors (Lipinski definition) is 2. The molecule has 0 saturated carbocycles. The fourth-order valence-electron chi connectivity index (χ4n) is 1.92. The van der Waals surface area contributed by atoms with Crippen LogP contribution in [0.2, 0.25) is 0 Å². The van der Waals surface area contributed by atoms with Crippen LogP contribution in [0.25, 0.3) is 0 Å². The molecule has 0 spiro atoms. The van der Waals surface area contributed by atoms with Gasteiger partial charge in [-0.3, -0.25) is 4.79 Å². The first-order chi connectivity index (χ1) is 7.09. The largest absolute Gasteiger partial charge is 0.480 e. The molecule has 1 saturated heterocycles. The lowest BCUT2D eigenvalue weighted by molar-refractivity contribution is -0.135. The summed E-state index contributed by atoms with van der Waals surface area (Å²) in [4.78, 5) is 21.6. The van der Waals surface area contributed by atoms with Crippen molar-refractivity contribution in [3.8, 4) is 0 Å². The van der Waals surface area contributed by atoms with E-state index < -0.39 is 17.2 Å². The summed E-state index contributed by atoms with van der Waals surface area (Å²) in [6, 6.07) is 0. The Kier molecular flexibility index (Phi) is 2.56. The number of carbonyl (C=O) groups is 2. The fraction of sp³-hybridized carbons (Fsp3) is 0.400. The lowest BCUT2D eigenvalue weighted by Gasteiger charge is -2.17. The van der Waals surface area contributed by atoms with Crippen molar-refractivity contribution in [3.05, 3.63) is 23.3 Å². The molecule has 1 fully saturated rings. The van der Waals surface area contributed by atoms with Gasteiger partial charge in [-0.15, -0.1) is 11.8 Å². The van der Waals surface area contributed by atoms with Gasteiger partial charge in [0.1, 0.15) is 5.25 Å². The van der Waals surface area contributed by atoms with E-state index in [1.807, 2.05) is 0 Å². The van der Waals surface area contributed by atoms with Gasteiger partial charge in [0.05, 0.1) is 0 Å². The molecule has 0 aromatic rings. The van der Waals surface area contributed by atoms with Crippen LogP contribution < -0.4 is 0 Å². The van der Waals surface area contributed by atoms with E-state index in [1.54, 1.807) is 6.08 Å². The number of carboxylic acids is 2. The second kappa shape index (κ2) is 3.73. The van der Waals surface area contributed by atoms with E-state index in [2.05, 4.69) is 0 Å². The van der Waals surface area contributed by atoms with Crippen molar-refractivity contribution in [1.29, 1.82) is 0 Å². The molecule has 2 unspecified atom stereocenters. The molecular weight excluding hydrogens is 216 g/mol. The molecule has 0 bridgehead atoms. The smallest absolute Gasteiger partial charge is 0.331 e. The predicted molar refractivity (Wildman–Crippen MR) is 55.8 cm³/mol. The number of allylic oxidation sites excluding steroid dienone is 2. The van der Waals surface area contributed by atoms with Crippen molar-refractivity contribution in [2.45, 2.75) is 11.7 Å². The van der Waals surface area contributed by atoms with Crippen molar-refractivity contribution in [3.63, 3.8) is 0 Å². The Morgan fingerprint density at radius 1 is 1.33 bits per heavy atom. The Morgan fingerprint density at radius 2 is 2.07 bits per heavy atom. The zero-order valence-electron chi connectivity index (χ0n) is 7.84. The molecular formula is C10H10O4S. The molecule has 0 aromatic heterocycles. The van der Waals surface area contributed by atoms with Crippen molar-refractivity contribution in [1.82, 2.24) is 0 Å². The molecule has 1 heterocycles. The lowest BCUT2D eigenvalue weighted by atomic mass is 9.87. The highest BCUT2D eigenvalue weighted by Crippen LogP contribution is 2.42. The standard InChI is InChI=1S/C10H10O4S/c11-9(12)5-1-2-7-6(3-5)4-15-8(7)10(13)14/h1-2,6,8H,3-4H2,(H,11,12)(H,13,14). The normalized spacial score (nSPS) is 29.1. The zero-order valence-corrected chi connectivity index (χ0v) is 8.66. The highest BCUT2D eigenvalue weighted by molar-refractivity contribution is 8.01. The molecule has 80 valence electrons. The summed E-state index contributed by atoms with van der Waals surface area (Å²) in [7, 11) is 0. The molecule has 2 N–H and O–H groups in total. The van der Waals surface area contributed by atoms with Gasteiger partial charge in [0.2, 0.25) is 0 Å². The van der Waals surface area contributed by atoms with Gasteiger partial charge in [0, 0.05) is 11.3 Å². The molecule has 4 nitrogen and oxygen atoms in total. The second-order valence-electron chi connectivity index (χ2n) is 3.62. The van der Waals surface area contributed by atoms with Gasteiger partial charge < -0.3 is 10.2 Å². The summed E-state index contributed by atoms with van der Waals surface area (Å²) in [5.74, 6) is -0.949. The highest BCUT2D eigenvalue weighted by atomic mass is 32.2. The van der Waals surface area contributed by atoms with Gasteiger partial charge in [0.25, 0.3) is 0 Å². The van der Waals surface area contributed by atoms with Crippen LogP contribution in [-0.2, 0) is 9.59 Å². The van der Waals surface area contributed by atoms with Crippen molar-refractivity contribution < 1.29 is 19.8 Å². The highest BCUT2D eigenvalue weighted by Gasteiger charge is 2.37. The quantitative estimate of drug-likeness (QED) is 0.738. The third-order valence-electron chi connectivity index (χ3n) is 2.68. The molecule has 2 aliphatic rings. The Morgan fingerprint density at radius 3 is 2.67 bits per heavy atom. The summed E-state index contributed by atoms with van der Waals surface area (Å²) in [6.07, 6.45) is 3.64. The van der Waals surface area contributed by atoms with E-state index in [-0.39, 0.29) is 5.92 Å². The van der Waals surface area contributed by atoms with Gasteiger partial charge in [-0.05, 0) is 17.9 Å². The molecule has 0 amide bonds. The van der Waals surface area contributed by atoms with Crippen LogP contribution in [0.15, 0.2) is 23.3 Å². The van der Waals surface area contributed by atoms with Gasteiger partial charge >= 0.3 is 11.9 Å². The number of hydrogen-bond acceptors (Lipinski definition) is 3. The first-order valence-corrected chi connectivity index (χ1v) is 5.63. The summed E-state index contributed by atoms with van der Waals surface area (Å²) < 4.78 is 0. The summed E-state index contributed by atoms with van der Waals surface area (Å²) >= 11 is 1.38. The van der Waals surface area contributed by atoms with E-state index in [0.717, 1.165) is 5.57 Å². The van der Waals surface area contributed by atoms with Crippen molar-refractivity contribution >= 4 is 23.7 Å². The number of rotatable bonds is 2. The van der Waals surface area contributed by atoms with Crippen LogP contribution in [0, 0.1) is 5.92 Å². The average molecular weight is 226 g/mol. The molecule has 1 aliphatic carbocycles. The number of carboxylic acid groups (broad SMARTS) is 2. The third-order valence-corrected chi connectivity index (χ3v) is 4.08. The van der Waals surface area contributed by atoms with E-state index in [1.165, 1.54) is 17.8 Å². The number of aliphatic carboxylic acids is 2. The van der Waals surface area contributed by atoms with Gasteiger partial charge in [-0.2, -0.15) is 0 Å². The maximum Gasteiger partial charge on any atom is 0.331 e. The number of fused-ring (bicyclic) bond motifs is 1. The van der Waals surface area contributed by atoms with Crippen LogP contribution in [0.3, 0.4) is 0 Å². The minimum Gasteiger partial charge on any atom is -0.480 e. The predicted octanol–water partition coefficient (Wildman–Crippen LogP) is 1.14. The van der Waals surface area contributed by atoms with E-state index >= 15 is 0 Å². The zero-order chi connectivity index (χ0) is 11.0. The average Bonchev–Trinajstić information content (AvgIpc) is 2.59. The summed E-state index contributed by atoms with van der Waals surface area (Å²) in [5.41, 5.74) is 1.23. The van der Waals surface area contributed by atoms with Crippen LogP contribution in [0.4, 0.5) is 0 Å². The third kappa shape index (κ3) is 1.79. The molecule has 1 aliphatic heterocycles. The maximum atomic E-state index is 10.9. The van der Waals surface area contributed by atoms with E-state index in [9.17, 15) is 9.59 Å². The molecule has 2 atom stereocenters.